The topological polar surface area (TPSA) is 56.7 Å². The molecular formula is C24H32N4O. The predicted molar refractivity (Wildman–Crippen MR) is 119 cm³/mol. The van der Waals surface area contributed by atoms with Crippen molar-refractivity contribution in [2.75, 3.05) is 20.1 Å². The molecule has 5 heteroatoms. The van der Waals surface area contributed by atoms with Gasteiger partial charge in [0.25, 0.3) is 5.91 Å². The standard InChI is InChI=1S/C24H32N4O/c1-4-18(2)27-23(29)21-12-10-19(11-13-21)16-26-24(25-3)28-15-14-22(17-28)20-8-6-5-7-9-20/h5-13,18,22H,4,14-17H2,1-3H3,(H,25,26)(H,27,29). The summed E-state index contributed by atoms with van der Waals surface area (Å²) in [5.41, 5.74) is 3.23. The van der Waals surface area contributed by atoms with Gasteiger partial charge in [0.1, 0.15) is 0 Å². The number of nitrogens with one attached hydrogen (secondary N) is 2. The summed E-state index contributed by atoms with van der Waals surface area (Å²) in [6.07, 6.45) is 2.07. The second-order valence-corrected chi connectivity index (χ2v) is 7.72. The Bertz CT molecular complexity index is 817. The zero-order valence-corrected chi connectivity index (χ0v) is 17.7. The van der Waals surface area contributed by atoms with Crippen LogP contribution in [0.25, 0.3) is 0 Å². The maximum absolute atomic E-state index is 12.2. The summed E-state index contributed by atoms with van der Waals surface area (Å²) in [4.78, 5) is 19.0. The lowest BCUT2D eigenvalue weighted by Crippen LogP contribution is -2.39. The van der Waals surface area contributed by atoms with Crippen LogP contribution in [0.15, 0.2) is 59.6 Å². The van der Waals surface area contributed by atoms with E-state index in [0.717, 1.165) is 37.5 Å². The van der Waals surface area contributed by atoms with E-state index < -0.39 is 0 Å². The van der Waals surface area contributed by atoms with Crippen LogP contribution in [-0.4, -0.2) is 42.9 Å². The van der Waals surface area contributed by atoms with Crippen molar-refractivity contribution in [1.82, 2.24) is 15.5 Å². The van der Waals surface area contributed by atoms with Crippen LogP contribution in [0.2, 0.25) is 0 Å². The minimum absolute atomic E-state index is 0.0151. The molecule has 0 spiro atoms. The van der Waals surface area contributed by atoms with E-state index in [1.807, 2.05) is 38.2 Å². The van der Waals surface area contributed by atoms with E-state index in [1.54, 1.807) is 0 Å². The van der Waals surface area contributed by atoms with Gasteiger partial charge in [-0.3, -0.25) is 9.79 Å². The van der Waals surface area contributed by atoms with Crippen molar-refractivity contribution in [3.63, 3.8) is 0 Å². The first-order chi connectivity index (χ1) is 14.1. The van der Waals surface area contributed by atoms with Gasteiger partial charge in [-0.2, -0.15) is 0 Å². The lowest BCUT2D eigenvalue weighted by atomic mass is 9.99. The summed E-state index contributed by atoms with van der Waals surface area (Å²) >= 11 is 0. The number of carbonyl (C=O) groups is 1. The van der Waals surface area contributed by atoms with Gasteiger partial charge in [0.05, 0.1) is 0 Å². The lowest BCUT2D eigenvalue weighted by Gasteiger charge is -2.22. The summed E-state index contributed by atoms with van der Waals surface area (Å²) in [5, 5.41) is 6.46. The SMILES string of the molecule is CCC(C)NC(=O)c1ccc(CNC(=NC)N2CCC(c3ccccc3)C2)cc1. The summed E-state index contributed by atoms with van der Waals surface area (Å²) in [6.45, 7) is 6.76. The van der Waals surface area contributed by atoms with Crippen molar-refractivity contribution >= 4 is 11.9 Å². The van der Waals surface area contributed by atoms with Gasteiger partial charge in [0, 0.05) is 44.2 Å². The zero-order chi connectivity index (χ0) is 20.6. The van der Waals surface area contributed by atoms with E-state index in [-0.39, 0.29) is 11.9 Å². The fourth-order valence-corrected chi connectivity index (χ4v) is 3.65. The van der Waals surface area contributed by atoms with E-state index in [4.69, 9.17) is 0 Å². The Morgan fingerprint density at radius 1 is 1.17 bits per heavy atom. The van der Waals surface area contributed by atoms with Gasteiger partial charge in [-0.25, -0.2) is 0 Å². The number of carbonyl (C=O) groups excluding carboxylic acids is 1. The predicted octanol–water partition coefficient (Wildman–Crippen LogP) is 3.78. The lowest BCUT2D eigenvalue weighted by molar-refractivity contribution is 0.0939. The number of aliphatic imine (C=N–C) groups is 1. The Morgan fingerprint density at radius 3 is 2.55 bits per heavy atom. The van der Waals surface area contributed by atoms with Crippen molar-refractivity contribution < 1.29 is 4.79 Å². The summed E-state index contributed by atoms with van der Waals surface area (Å²) in [6, 6.07) is 18.7. The third-order valence-corrected chi connectivity index (χ3v) is 5.63. The van der Waals surface area contributed by atoms with Gasteiger partial charge in [0.15, 0.2) is 5.96 Å². The monoisotopic (exact) mass is 392 g/mol. The number of likely N-dealkylation sites (tertiary alicyclic amines) is 1. The molecule has 0 radical (unpaired) electrons. The summed E-state index contributed by atoms with van der Waals surface area (Å²) in [5.74, 6) is 1.47. The molecule has 154 valence electrons. The van der Waals surface area contributed by atoms with Gasteiger partial charge in [-0.1, -0.05) is 49.4 Å². The number of rotatable bonds is 6. The Balaban J connectivity index is 1.53. The third-order valence-electron chi connectivity index (χ3n) is 5.63. The van der Waals surface area contributed by atoms with Crippen LogP contribution in [-0.2, 0) is 6.54 Å². The molecule has 2 aromatic rings. The maximum Gasteiger partial charge on any atom is 0.251 e. The molecule has 1 aliphatic rings. The number of guanidine groups is 1. The molecule has 2 unspecified atom stereocenters. The minimum atomic E-state index is -0.0151. The molecule has 5 nitrogen and oxygen atoms in total. The van der Waals surface area contributed by atoms with E-state index in [0.29, 0.717) is 18.0 Å². The molecule has 29 heavy (non-hydrogen) atoms. The summed E-state index contributed by atoms with van der Waals surface area (Å²) < 4.78 is 0. The highest BCUT2D eigenvalue weighted by Crippen LogP contribution is 2.26. The molecule has 1 aliphatic heterocycles. The van der Waals surface area contributed by atoms with Crippen molar-refractivity contribution in [2.24, 2.45) is 4.99 Å². The summed E-state index contributed by atoms with van der Waals surface area (Å²) in [7, 11) is 1.83. The maximum atomic E-state index is 12.2. The Morgan fingerprint density at radius 2 is 1.90 bits per heavy atom. The molecule has 0 bridgehead atoms. The fraction of sp³-hybridized carbons (Fsp3) is 0.417. The smallest absolute Gasteiger partial charge is 0.251 e. The average molecular weight is 393 g/mol. The van der Waals surface area contributed by atoms with Crippen LogP contribution in [0.5, 0.6) is 0 Å². The first kappa shape index (κ1) is 20.9. The van der Waals surface area contributed by atoms with Crippen molar-refractivity contribution in [3.8, 4) is 0 Å². The molecule has 0 saturated carbocycles. The van der Waals surface area contributed by atoms with Crippen LogP contribution in [0.4, 0.5) is 0 Å². The van der Waals surface area contributed by atoms with Gasteiger partial charge < -0.3 is 15.5 Å². The largest absolute Gasteiger partial charge is 0.352 e. The molecule has 1 saturated heterocycles. The van der Waals surface area contributed by atoms with Crippen LogP contribution in [0.3, 0.4) is 0 Å². The Labute approximate surface area is 174 Å². The van der Waals surface area contributed by atoms with E-state index in [2.05, 4.69) is 57.8 Å². The van der Waals surface area contributed by atoms with Crippen LogP contribution in [0.1, 0.15) is 54.1 Å². The average Bonchev–Trinajstić information content (AvgIpc) is 3.25. The number of nitrogens with zero attached hydrogens (tertiary/aromatic N) is 2. The van der Waals surface area contributed by atoms with E-state index in [9.17, 15) is 4.79 Å². The van der Waals surface area contributed by atoms with Crippen molar-refractivity contribution in [3.05, 3.63) is 71.3 Å². The highest BCUT2D eigenvalue weighted by Gasteiger charge is 2.25. The second-order valence-electron chi connectivity index (χ2n) is 7.72. The third kappa shape index (κ3) is 5.59. The number of hydrogen-bond acceptors (Lipinski definition) is 2. The van der Waals surface area contributed by atoms with Gasteiger partial charge in [-0.15, -0.1) is 0 Å². The molecule has 2 atom stereocenters. The van der Waals surface area contributed by atoms with Crippen LogP contribution in [0, 0.1) is 0 Å². The molecule has 0 aromatic heterocycles. The first-order valence-corrected chi connectivity index (χ1v) is 10.5. The van der Waals surface area contributed by atoms with E-state index >= 15 is 0 Å². The molecule has 2 N–H and O–H groups in total. The Kier molecular flexibility index (Phi) is 7.28. The molecule has 1 fully saturated rings. The molecular weight excluding hydrogens is 360 g/mol. The molecule has 3 rings (SSSR count). The fourth-order valence-electron chi connectivity index (χ4n) is 3.65. The van der Waals surface area contributed by atoms with Crippen molar-refractivity contribution in [1.29, 1.82) is 0 Å². The number of hydrogen-bond donors (Lipinski definition) is 2. The van der Waals surface area contributed by atoms with E-state index in [1.165, 1.54) is 5.56 Å². The quantitative estimate of drug-likeness (QED) is 0.581. The van der Waals surface area contributed by atoms with Crippen molar-refractivity contribution in [2.45, 2.75) is 45.2 Å². The highest BCUT2D eigenvalue weighted by atomic mass is 16.1. The molecule has 1 heterocycles. The molecule has 1 amide bonds. The van der Waals surface area contributed by atoms with Gasteiger partial charge in [0.2, 0.25) is 0 Å². The van der Waals surface area contributed by atoms with Crippen LogP contribution >= 0.6 is 0 Å². The molecule has 2 aromatic carbocycles. The first-order valence-electron chi connectivity index (χ1n) is 10.5. The normalized spacial score (nSPS) is 17.8. The van der Waals surface area contributed by atoms with Gasteiger partial charge in [-0.05, 0) is 43.0 Å². The number of amides is 1. The molecule has 0 aliphatic carbocycles. The highest BCUT2D eigenvalue weighted by molar-refractivity contribution is 5.94. The van der Waals surface area contributed by atoms with Crippen LogP contribution < -0.4 is 10.6 Å². The zero-order valence-electron chi connectivity index (χ0n) is 17.7. The Hall–Kier alpha value is -2.82. The minimum Gasteiger partial charge on any atom is -0.352 e. The number of benzene rings is 2. The second kappa shape index (κ2) is 10.1. The van der Waals surface area contributed by atoms with Gasteiger partial charge >= 0.3 is 0 Å².